The van der Waals surface area contributed by atoms with Gasteiger partial charge in [-0.2, -0.15) is 0 Å². The summed E-state index contributed by atoms with van der Waals surface area (Å²) in [6.45, 7) is 11.8. The Hall–Kier alpha value is -1.31. The van der Waals surface area contributed by atoms with E-state index in [-0.39, 0.29) is 5.91 Å². The van der Waals surface area contributed by atoms with E-state index >= 15 is 0 Å². The highest BCUT2D eigenvalue weighted by atomic mass is 16.1. The summed E-state index contributed by atoms with van der Waals surface area (Å²) in [5.74, 6) is 1.01. The van der Waals surface area contributed by atoms with E-state index in [0.29, 0.717) is 37.9 Å². The molecule has 0 radical (unpaired) electrons. The van der Waals surface area contributed by atoms with E-state index in [4.69, 9.17) is 0 Å². The van der Waals surface area contributed by atoms with Gasteiger partial charge in [0.2, 0.25) is 5.91 Å². The Kier molecular flexibility index (Phi) is 5.34. The van der Waals surface area contributed by atoms with Crippen molar-refractivity contribution in [1.29, 1.82) is 0 Å². The van der Waals surface area contributed by atoms with Crippen LogP contribution in [0.2, 0.25) is 0 Å². The van der Waals surface area contributed by atoms with E-state index in [9.17, 15) is 4.79 Å². The minimum Gasteiger partial charge on any atom is -0.326 e. The van der Waals surface area contributed by atoms with Crippen LogP contribution in [0.4, 0.5) is 5.69 Å². The normalized spacial score (nSPS) is 50.0. The third kappa shape index (κ3) is 3.33. The first kappa shape index (κ1) is 25.6. The average Bonchev–Trinajstić information content (AvgIpc) is 2.87. The van der Waals surface area contributed by atoms with E-state index in [1.807, 2.05) is 0 Å². The highest BCUT2D eigenvalue weighted by Crippen LogP contribution is 2.85. The van der Waals surface area contributed by atoms with Crippen molar-refractivity contribution in [2.75, 3.05) is 5.32 Å². The van der Waals surface area contributed by atoms with E-state index in [2.05, 4.69) is 57.3 Å². The molecule has 0 saturated heterocycles. The van der Waals surface area contributed by atoms with Gasteiger partial charge in [-0.3, -0.25) is 4.79 Å². The van der Waals surface area contributed by atoms with Crippen LogP contribution in [0.5, 0.6) is 0 Å². The third-order valence-electron chi connectivity index (χ3n) is 14.5. The number of rotatable bonds is 7. The maximum atomic E-state index is 11.7. The fourth-order valence-corrected chi connectivity index (χ4v) is 14.0. The summed E-state index contributed by atoms with van der Waals surface area (Å²) >= 11 is 0. The van der Waals surface area contributed by atoms with Crippen molar-refractivity contribution in [3.63, 3.8) is 0 Å². The summed E-state index contributed by atoms with van der Waals surface area (Å²) in [6.07, 6.45) is 23.6. The smallest absolute Gasteiger partial charge is 0.221 e. The van der Waals surface area contributed by atoms with Crippen LogP contribution in [0.15, 0.2) is 24.3 Å². The van der Waals surface area contributed by atoms with Gasteiger partial charge in [-0.05, 0) is 139 Å². The van der Waals surface area contributed by atoms with Crippen molar-refractivity contribution in [1.82, 2.24) is 0 Å². The lowest BCUT2D eigenvalue weighted by Gasteiger charge is -2.79. The van der Waals surface area contributed by atoms with Crippen LogP contribution in [0.3, 0.4) is 0 Å². The van der Waals surface area contributed by atoms with Crippen LogP contribution >= 0.6 is 0 Å². The second-order valence-electron chi connectivity index (χ2n) is 16.6. The van der Waals surface area contributed by atoms with Gasteiger partial charge in [0.05, 0.1) is 0 Å². The molecule has 0 heterocycles. The highest BCUT2D eigenvalue weighted by molar-refractivity contribution is 5.88. The van der Waals surface area contributed by atoms with Crippen LogP contribution in [-0.4, -0.2) is 5.91 Å². The van der Waals surface area contributed by atoms with Gasteiger partial charge in [0.1, 0.15) is 0 Å². The lowest BCUT2D eigenvalue weighted by atomic mass is 9.25. The SMILES string of the molecule is CCC12CC3CC(CC)(C1)CC(C14CC5(CC)CC(CC)(CC(c6ccc(NC(C)=O)cc6)(C5)C1)C4)(C3)C2. The van der Waals surface area contributed by atoms with Gasteiger partial charge in [0.25, 0.3) is 0 Å². The minimum absolute atomic E-state index is 0.0258. The first-order valence-electron chi connectivity index (χ1n) is 16.4. The van der Waals surface area contributed by atoms with Gasteiger partial charge < -0.3 is 5.32 Å². The topological polar surface area (TPSA) is 29.1 Å². The molecule has 1 amide bonds. The summed E-state index contributed by atoms with van der Waals surface area (Å²) in [6, 6.07) is 9.23. The molecule has 38 heavy (non-hydrogen) atoms. The zero-order valence-corrected chi connectivity index (χ0v) is 25.1. The zero-order chi connectivity index (χ0) is 26.7. The first-order valence-corrected chi connectivity index (χ1v) is 16.4. The summed E-state index contributed by atoms with van der Waals surface area (Å²) in [5.41, 5.74) is 6.24. The molecular formula is C36H53NO. The molecule has 1 aromatic carbocycles. The highest BCUT2D eigenvalue weighted by Gasteiger charge is 2.75. The summed E-state index contributed by atoms with van der Waals surface area (Å²) in [5, 5.41) is 3.02. The fourth-order valence-electron chi connectivity index (χ4n) is 14.0. The number of amides is 1. The summed E-state index contributed by atoms with van der Waals surface area (Å²) in [4.78, 5) is 11.7. The maximum absolute atomic E-state index is 11.7. The monoisotopic (exact) mass is 515 g/mol. The molecule has 1 N–H and O–H groups in total. The lowest BCUT2D eigenvalue weighted by Crippen LogP contribution is -2.70. The molecule has 4 unspecified atom stereocenters. The minimum atomic E-state index is 0.0258. The number of carbonyl (C=O) groups excluding carboxylic acids is 1. The molecule has 4 atom stereocenters. The Balaban J connectivity index is 1.37. The molecular weight excluding hydrogens is 462 g/mol. The number of nitrogens with one attached hydrogen (secondary N) is 1. The van der Waals surface area contributed by atoms with Crippen LogP contribution in [0.25, 0.3) is 0 Å². The number of benzene rings is 1. The van der Waals surface area contributed by atoms with E-state index in [1.165, 1.54) is 83.5 Å². The molecule has 2 heteroatoms. The number of hydrogen-bond acceptors (Lipinski definition) is 1. The molecule has 0 aromatic heterocycles. The van der Waals surface area contributed by atoms with E-state index in [0.717, 1.165) is 11.6 Å². The average molecular weight is 516 g/mol. The van der Waals surface area contributed by atoms with Crippen LogP contribution in [0, 0.1) is 38.4 Å². The Morgan fingerprint density at radius 2 is 1.16 bits per heavy atom. The molecule has 0 spiro atoms. The second kappa shape index (κ2) is 7.91. The van der Waals surface area contributed by atoms with Gasteiger partial charge >= 0.3 is 0 Å². The molecule has 8 bridgehead atoms. The predicted octanol–water partition coefficient (Wildman–Crippen LogP) is 9.82. The number of hydrogen-bond donors (Lipinski definition) is 1. The Bertz CT molecular complexity index is 1090. The standard InChI is InChI=1S/C36H53NO/c1-6-30-14-27-15-31(7-2,17-30)22-35(16-27,21-30)36-23-32(8-3)18-33(9-4,24-36)20-34(19-32,25-36)28-10-12-29(13-11-28)37-26(5)38/h10-13,27H,6-9,14-25H2,1-5H3,(H,37,38). The molecule has 208 valence electrons. The molecule has 8 aliphatic rings. The van der Waals surface area contributed by atoms with Gasteiger partial charge in [-0.25, -0.2) is 0 Å². The van der Waals surface area contributed by atoms with Crippen molar-refractivity contribution >= 4 is 11.6 Å². The van der Waals surface area contributed by atoms with Gasteiger partial charge in [-0.15, -0.1) is 0 Å². The molecule has 8 aliphatic carbocycles. The Morgan fingerprint density at radius 1 is 0.658 bits per heavy atom. The summed E-state index contributed by atoms with van der Waals surface area (Å²) < 4.78 is 0. The predicted molar refractivity (Wildman–Crippen MR) is 157 cm³/mol. The van der Waals surface area contributed by atoms with Gasteiger partial charge in [-0.1, -0.05) is 65.5 Å². The maximum Gasteiger partial charge on any atom is 0.221 e. The fraction of sp³-hybridized carbons (Fsp3) is 0.806. The van der Waals surface area contributed by atoms with Crippen molar-refractivity contribution in [2.45, 2.75) is 143 Å². The second-order valence-corrected chi connectivity index (χ2v) is 16.6. The van der Waals surface area contributed by atoms with E-state index < -0.39 is 0 Å². The first-order chi connectivity index (χ1) is 18.0. The zero-order valence-electron chi connectivity index (χ0n) is 25.1. The number of carbonyl (C=O) groups is 1. The molecule has 9 rings (SSSR count). The number of anilines is 1. The quantitative estimate of drug-likeness (QED) is 0.384. The summed E-state index contributed by atoms with van der Waals surface area (Å²) in [7, 11) is 0. The largest absolute Gasteiger partial charge is 0.326 e. The third-order valence-corrected chi connectivity index (χ3v) is 14.5. The molecule has 8 saturated carbocycles. The van der Waals surface area contributed by atoms with Gasteiger partial charge in [0, 0.05) is 12.6 Å². The van der Waals surface area contributed by atoms with Crippen LogP contribution < -0.4 is 5.32 Å². The Morgan fingerprint density at radius 3 is 1.66 bits per heavy atom. The van der Waals surface area contributed by atoms with Crippen molar-refractivity contribution in [2.24, 2.45) is 38.4 Å². The van der Waals surface area contributed by atoms with E-state index in [1.54, 1.807) is 31.7 Å². The van der Waals surface area contributed by atoms with Crippen molar-refractivity contribution in [3.8, 4) is 0 Å². The Labute approximate surface area is 232 Å². The van der Waals surface area contributed by atoms with Crippen molar-refractivity contribution < 1.29 is 4.79 Å². The molecule has 2 nitrogen and oxygen atoms in total. The van der Waals surface area contributed by atoms with Crippen molar-refractivity contribution in [3.05, 3.63) is 29.8 Å². The lowest BCUT2D eigenvalue weighted by molar-refractivity contribution is -0.281. The van der Waals surface area contributed by atoms with Crippen LogP contribution in [-0.2, 0) is 10.2 Å². The molecule has 1 aromatic rings. The molecule has 0 aliphatic heterocycles. The molecule has 8 fully saturated rings. The van der Waals surface area contributed by atoms with Crippen LogP contribution in [0.1, 0.15) is 143 Å². The van der Waals surface area contributed by atoms with Gasteiger partial charge in [0.15, 0.2) is 0 Å².